The average Bonchev–Trinajstić information content (AvgIpc) is 2.95. The Labute approximate surface area is 135 Å². The van der Waals surface area contributed by atoms with E-state index < -0.39 is 0 Å². The van der Waals surface area contributed by atoms with Crippen molar-refractivity contribution in [3.63, 3.8) is 0 Å². The molecule has 2 rings (SSSR count). The smallest absolute Gasteiger partial charge is 0.209 e. The van der Waals surface area contributed by atoms with Crippen LogP contribution >= 0.6 is 11.8 Å². The van der Waals surface area contributed by atoms with Crippen LogP contribution in [-0.4, -0.2) is 39.1 Å². The van der Waals surface area contributed by atoms with Crippen molar-refractivity contribution in [2.45, 2.75) is 31.5 Å². The highest BCUT2D eigenvalue weighted by Gasteiger charge is 2.03. The summed E-state index contributed by atoms with van der Waals surface area (Å²) >= 11 is 1.68. The van der Waals surface area contributed by atoms with Crippen LogP contribution in [0.2, 0.25) is 0 Å². The molecule has 2 aromatic rings. The van der Waals surface area contributed by atoms with E-state index in [1.54, 1.807) is 16.4 Å². The van der Waals surface area contributed by atoms with E-state index in [4.69, 9.17) is 4.74 Å². The van der Waals surface area contributed by atoms with Gasteiger partial charge in [-0.25, -0.2) is 4.68 Å². The molecule has 0 amide bonds. The summed E-state index contributed by atoms with van der Waals surface area (Å²) in [6.07, 6.45) is 2.09. The van der Waals surface area contributed by atoms with E-state index in [0.717, 1.165) is 49.2 Å². The highest BCUT2D eigenvalue weighted by molar-refractivity contribution is 7.99. The first-order valence-corrected chi connectivity index (χ1v) is 8.56. The van der Waals surface area contributed by atoms with Gasteiger partial charge in [0.2, 0.25) is 5.16 Å². The molecule has 7 heteroatoms. The van der Waals surface area contributed by atoms with Crippen LogP contribution in [0.4, 0.5) is 0 Å². The van der Waals surface area contributed by atoms with Gasteiger partial charge < -0.3 is 10.1 Å². The van der Waals surface area contributed by atoms with Gasteiger partial charge in [0.25, 0.3) is 0 Å². The number of ether oxygens (including phenoxy) is 1. The molecule has 1 aromatic heterocycles. The standard InChI is InChI=1S/C15H23N5OS/c1-3-10-21-14-8-5-4-7-13(14)12-16-9-6-11-22-15-17-18-19-20(15)2/h4-5,7-8,16H,3,6,9-12H2,1-2H3. The minimum atomic E-state index is 0.763. The number of thioether (sulfide) groups is 1. The van der Waals surface area contributed by atoms with E-state index in [1.807, 2.05) is 25.2 Å². The summed E-state index contributed by atoms with van der Waals surface area (Å²) in [7, 11) is 1.85. The Morgan fingerprint density at radius 2 is 2.18 bits per heavy atom. The first-order valence-electron chi connectivity index (χ1n) is 7.58. The first kappa shape index (κ1) is 16.8. The molecule has 0 aliphatic heterocycles. The Bertz CT molecular complexity index is 560. The average molecular weight is 321 g/mol. The Hall–Kier alpha value is -1.60. The van der Waals surface area contributed by atoms with Crippen LogP contribution in [0.5, 0.6) is 5.75 Å². The number of hydrogen-bond donors (Lipinski definition) is 1. The van der Waals surface area contributed by atoms with Crippen molar-refractivity contribution < 1.29 is 4.74 Å². The molecule has 0 bridgehead atoms. The molecular weight excluding hydrogens is 298 g/mol. The predicted molar refractivity (Wildman–Crippen MR) is 88.1 cm³/mol. The number of nitrogens with one attached hydrogen (secondary N) is 1. The summed E-state index contributed by atoms with van der Waals surface area (Å²) in [5, 5.41) is 15.7. The highest BCUT2D eigenvalue weighted by Crippen LogP contribution is 2.18. The summed E-state index contributed by atoms with van der Waals surface area (Å²) in [6, 6.07) is 8.20. The van der Waals surface area contributed by atoms with Crippen LogP contribution in [0.15, 0.2) is 29.4 Å². The van der Waals surface area contributed by atoms with Crippen molar-refractivity contribution in [1.29, 1.82) is 0 Å². The molecule has 120 valence electrons. The molecule has 1 heterocycles. The molecule has 0 spiro atoms. The molecule has 0 fully saturated rings. The number of rotatable bonds is 10. The highest BCUT2D eigenvalue weighted by atomic mass is 32.2. The molecule has 0 saturated heterocycles. The second-order valence-corrected chi connectivity index (χ2v) is 5.98. The normalized spacial score (nSPS) is 10.8. The van der Waals surface area contributed by atoms with E-state index in [-0.39, 0.29) is 0 Å². The molecule has 1 N–H and O–H groups in total. The number of aryl methyl sites for hydroxylation is 1. The Morgan fingerprint density at radius 1 is 1.32 bits per heavy atom. The molecule has 0 aliphatic carbocycles. The first-order chi connectivity index (χ1) is 10.8. The number of hydrogen-bond acceptors (Lipinski definition) is 6. The third kappa shape index (κ3) is 5.31. The summed E-state index contributed by atoms with van der Waals surface area (Å²) in [4.78, 5) is 0. The molecule has 22 heavy (non-hydrogen) atoms. The molecular formula is C15H23N5OS. The van der Waals surface area contributed by atoms with Crippen LogP contribution < -0.4 is 10.1 Å². The molecule has 0 radical (unpaired) electrons. The van der Waals surface area contributed by atoms with E-state index >= 15 is 0 Å². The van der Waals surface area contributed by atoms with Crippen LogP contribution in [0.25, 0.3) is 0 Å². The molecule has 0 unspecified atom stereocenters. The zero-order valence-corrected chi connectivity index (χ0v) is 14.0. The van der Waals surface area contributed by atoms with Gasteiger partial charge in [-0.15, -0.1) is 5.10 Å². The lowest BCUT2D eigenvalue weighted by atomic mass is 10.2. The van der Waals surface area contributed by atoms with Gasteiger partial charge in [-0.2, -0.15) is 0 Å². The van der Waals surface area contributed by atoms with Gasteiger partial charge in [0.05, 0.1) is 6.61 Å². The fourth-order valence-electron chi connectivity index (χ4n) is 1.93. The van der Waals surface area contributed by atoms with Gasteiger partial charge in [-0.1, -0.05) is 36.9 Å². The second kappa shape index (κ2) is 9.42. The fraction of sp³-hybridized carbons (Fsp3) is 0.533. The summed E-state index contributed by atoms with van der Waals surface area (Å²) in [5.74, 6) is 1.98. The summed E-state index contributed by atoms with van der Waals surface area (Å²) in [5.41, 5.74) is 1.21. The minimum Gasteiger partial charge on any atom is -0.493 e. The lowest BCUT2D eigenvalue weighted by molar-refractivity contribution is 0.313. The van der Waals surface area contributed by atoms with Crippen LogP contribution in [0, 0.1) is 0 Å². The van der Waals surface area contributed by atoms with Gasteiger partial charge in [-0.05, 0) is 35.9 Å². The van der Waals surface area contributed by atoms with Gasteiger partial charge in [0.1, 0.15) is 5.75 Å². The topological polar surface area (TPSA) is 64.9 Å². The second-order valence-electron chi connectivity index (χ2n) is 4.92. The SMILES string of the molecule is CCCOc1ccccc1CNCCCSc1nnnn1C. The van der Waals surface area contributed by atoms with Crippen molar-refractivity contribution >= 4 is 11.8 Å². The third-order valence-corrected chi connectivity index (χ3v) is 4.16. The molecule has 1 aromatic carbocycles. The maximum atomic E-state index is 5.76. The molecule has 0 saturated carbocycles. The Balaban J connectivity index is 1.65. The van der Waals surface area contributed by atoms with Crippen molar-refractivity contribution in [2.24, 2.45) is 7.05 Å². The van der Waals surface area contributed by atoms with Crippen LogP contribution in [-0.2, 0) is 13.6 Å². The lowest BCUT2D eigenvalue weighted by Crippen LogP contribution is -2.16. The number of tetrazole rings is 1. The van der Waals surface area contributed by atoms with Crippen molar-refractivity contribution in [3.05, 3.63) is 29.8 Å². The van der Waals surface area contributed by atoms with E-state index in [2.05, 4.69) is 33.8 Å². The van der Waals surface area contributed by atoms with E-state index in [1.165, 1.54) is 5.56 Å². The van der Waals surface area contributed by atoms with Crippen molar-refractivity contribution in [3.8, 4) is 5.75 Å². The summed E-state index contributed by atoms with van der Waals surface area (Å²) in [6.45, 7) is 4.67. The van der Waals surface area contributed by atoms with E-state index in [9.17, 15) is 0 Å². The van der Waals surface area contributed by atoms with Crippen molar-refractivity contribution in [1.82, 2.24) is 25.5 Å². The molecule has 0 aliphatic rings. The van der Waals surface area contributed by atoms with E-state index in [0.29, 0.717) is 0 Å². The summed E-state index contributed by atoms with van der Waals surface area (Å²) < 4.78 is 7.45. The number of aromatic nitrogens is 4. The minimum absolute atomic E-state index is 0.763. The molecule has 6 nitrogen and oxygen atoms in total. The monoisotopic (exact) mass is 321 g/mol. The van der Waals surface area contributed by atoms with Gasteiger partial charge in [-0.3, -0.25) is 0 Å². The van der Waals surface area contributed by atoms with Crippen LogP contribution in [0.3, 0.4) is 0 Å². The predicted octanol–water partition coefficient (Wildman–Crippen LogP) is 2.27. The van der Waals surface area contributed by atoms with Crippen LogP contribution in [0.1, 0.15) is 25.3 Å². The number of nitrogens with zero attached hydrogens (tertiary/aromatic N) is 4. The zero-order chi connectivity index (χ0) is 15.6. The Kier molecular flexibility index (Phi) is 7.18. The number of para-hydroxylation sites is 1. The quantitative estimate of drug-likeness (QED) is 0.535. The number of benzene rings is 1. The van der Waals surface area contributed by atoms with Crippen molar-refractivity contribution in [2.75, 3.05) is 18.9 Å². The lowest BCUT2D eigenvalue weighted by Gasteiger charge is -2.11. The molecule has 0 atom stereocenters. The third-order valence-electron chi connectivity index (χ3n) is 3.06. The Morgan fingerprint density at radius 3 is 2.95 bits per heavy atom. The van der Waals surface area contributed by atoms with Gasteiger partial charge >= 0.3 is 0 Å². The van der Waals surface area contributed by atoms with Gasteiger partial charge in [0, 0.05) is 24.9 Å². The largest absolute Gasteiger partial charge is 0.493 e. The zero-order valence-electron chi connectivity index (χ0n) is 13.2. The maximum Gasteiger partial charge on any atom is 0.209 e. The fourth-order valence-corrected chi connectivity index (χ4v) is 2.72. The maximum absolute atomic E-state index is 5.76. The van der Waals surface area contributed by atoms with Gasteiger partial charge in [0.15, 0.2) is 0 Å².